The van der Waals surface area contributed by atoms with Gasteiger partial charge in [0.05, 0.1) is 12.0 Å². The molecule has 1 aliphatic heterocycles. The number of carbonyl (C=O) groups excluding carboxylic acids is 2. The van der Waals surface area contributed by atoms with E-state index < -0.39 is 0 Å². The second-order valence-electron chi connectivity index (χ2n) is 6.07. The number of amides is 2. The van der Waals surface area contributed by atoms with Crippen LogP contribution in [0.1, 0.15) is 36.8 Å². The fraction of sp³-hybridized carbons (Fsp3) is 0.500. The van der Waals surface area contributed by atoms with Gasteiger partial charge in [-0.05, 0) is 25.8 Å². The molecule has 0 aromatic heterocycles. The first-order valence-corrected chi connectivity index (χ1v) is 8.04. The van der Waals surface area contributed by atoms with Gasteiger partial charge in [-0.15, -0.1) is 0 Å². The third kappa shape index (κ3) is 4.32. The molecule has 1 heterocycles. The minimum atomic E-state index is -0.225. The summed E-state index contributed by atoms with van der Waals surface area (Å²) in [5.41, 5.74) is 2.31. The predicted molar refractivity (Wildman–Crippen MR) is 87.5 cm³/mol. The normalized spacial score (nSPS) is 20.7. The summed E-state index contributed by atoms with van der Waals surface area (Å²) in [7, 11) is 0. The Morgan fingerprint density at radius 2 is 2.17 bits per heavy atom. The van der Waals surface area contributed by atoms with E-state index in [1.165, 1.54) is 0 Å². The molecule has 2 atom stereocenters. The number of hydrogen-bond acceptors (Lipinski definition) is 3. The average Bonchev–Trinajstić information content (AvgIpc) is 2.55. The first kappa shape index (κ1) is 17.0. The molecule has 0 bridgehead atoms. The lowest BCUT2D eigenvalue weighted by Crippen LogP contribution is -2.48. The van der Waals surface area contributed by atoms with E-state index in [1.54, 1.807) is 4.90 Å². The highest BCUT2D eigenvalue weighted by molar-refractivity contribution is 5.82. The molecule has 5 nitrogen and oxygen atoms in total. The molecular formula is C18H23N3O2. The highest BCUT2D eigenvalue weighted by Gasteiger charge is 2.34. The summed E-state index contributed by atoms with van der Waals surface area (Å²) in [6.45, 7) is 5.47. The molecule has 0 saturated carbocycles. The van der Waals surface area contributed by atoms with E-state index in [-0.39, 0.29) is 30.1 Å². The molecule has 1 aliphatic rings. The quantitative estimate of drug-likeness (QED) is 0.923. The van der Waals surface area contributed by atoms with Crippen LogP contribution in [0.4, 0.5) is 0 Å². The predicted octanol–water partition coefficient (Wildman–Crippen LogP) is 1.98. The van der Waals surface area contributed by atoms with Gasteiger partial charge >= 0.3 is 0 Å². The van der Waals surface area contributed by atoms with Crippen LogP contribution in [0.15, 0.2) is 24.3 Å². The molecule has 2 amide bonds. The summed E-state index contributed by atoms with van der Waals surface area (Å²) >= 11 is 0. The van der Waals surface area contributed by atoms with Crippen molar-refractivity contribution in [3.8, 4) is 6.07 Å². The van der Waals surface area contributed by atoms with Gasteiger partial charge in [0.2, 0.25) is 11.8 Å². The lowest BCUT2D eigenvalue weighted by atomic mass is 9.83. The van der Waals surface area contributed by atoms with Crippen LogP contribution >= 0.6 is 0 Å². The Balaban J connectivity index is 2.22. The molecule has 5 heteroatoms. The standard InChI is InChI=1S/C18H23N3O2/c1-3-20-18(23)16-10-15(14-6-4-5-13(2)9-14)11-21(12-16)17(22)7-8-19/h4-6,9,15-16H,3,7,10-12H2,1-2H3,(H,20,23). The van der Waals surface area contributed by atoms with E-state index >= 15 is 0 Å². The smallest absolute Gasteiger partial charge is 0.236 e. The Hall–Kier alpha value is -2.35. The number of nitrogens with one attached hydrogen (secondary N) is 1. The lowest BCUT2D eigenvalue weighted by Gasteiger charge is -2.37. The zero-order valence-corrected chi connectivity index (χ0v) is 13.7. The Morgan fingerprint density at radius 1 is 1.39 bits per heavy atom. The largest absolute Gasteiger partial charge is 0.356 e. The Labute approximate surface area is 137 Å². The van der Waals surface area contributed by atoms with E-state index in [9.17, 15) is 9.59 Å². The number of rotatable bonds is 4. The first-order valence-electron chi connectivity index (χ1n) is 8.04. The summed E-state index contributed by atoms with van der Waals surface area (Å²) in [6.07, 6.45) is 0.592. The minimum absolute atomic E-state index is 0.0142. The van der Waals surface area contributed by atoms with Crippen LogP contribution in [-0.2, 0) is 9.59 Å². The summed E-state index contributed by atoms with van der Waals surface area (Å²) < 4.78 is 0. The number of nitrogens with zero attached hydrogens (tertiary/aromatic N) is 2. The fourth-order valence-electron chi connectivity index (χ4n) is 3.16. The number of nitriles is 1. The van der Waals surface area contributed by atoms with Gasteiger partial charge in [0.1, 0.15) is 6.42 Å². The topological polar surface area (TPSA) is 73.2 Å². The molecule has 23 heavy (non-hydrogen) atoms. The molecule has 1 fully saturated rings. The molecular weight excluding hydrogens is 290 g/mol. The number of aryl methyl sites for hydroxylation is 1. The molecule has 1 N–H and O–H groups in total. The van der Waals surface area contributed by atoms with Gasteiger partial charge in [-0.25, -0.2) is 0 Å². The molecule has 0 spiro atoms. The zero-order valence-electron chi connectivity index (χ0n) is 13.7. The summed E-state index contributed by atoms with van der Waals surface area (Å²) in [4.78, 5) is 26.1. The molecule has 122 valence electrons. The lowest BCUT2D eigenvalue weighted by molar-refractivity contribution is -0.135. The van der Waals surface area contributed by atoms with Gasteiger partial charge in [-0.1, -0.05) is 29.8 Å². The van der Waals surface area contributed by atoms with Gasteiger partial charge in [-0.2, -0.15) is 5.26 Å². The van der Waals surface area contributed by atoms with Crippen molar-refractivity contribution in [2.24, 2.45) is 5.92 Å². The second-order valence-corrected chi connectivity index (χ2v) is 6.07. The zero-order chi connectivity index (χ0) is 16.8. The Kier molecular flexibility index (Phi) is 5.75. The van der Waals surface area contributed by atoms with Crippen molar-refractivity contribution in [2.45, 2.75) is 32.6 Å². The molecule has 2 unspecified atom stereocenters. The third-order valence-corrected chi connectivity index (χ3v) is 4.27. The summed E-state index contributed by atoms with van der Waals surface area (Å²) in [5.74, 6) is -0.311. The molecule has 1 saturated heterocycles. The van der Waals surface area contributed by atoms with Gasteiger partial charge < -0.3 is 10.2 Å². The number of likely N-dealkylation sites (tertiary alicyclic amines) is 1. The Morgan fingerprint density at radius 3 is 2.83 bits per heavy atom. The number of benzene rings is 1. The minimum Gasteiger partial charge on any atom is -0.356 e. The molecule has 0 aliphatic carbocycles. The Bertz CT molecular complexity index is 621. The second kappa shape index (κ2) is 7.77. The van der Waals surface area contributed by atoms with Crippen LogP contribution in [0.3, 0.4) is 0 Å². The molecule has 1 aromatic carbocycles. The van der Waals surface area contributed by atoms with Crippen molar-refractivity contribution in [2.75, 3.05) is 19.6 Å². The van der Waals surface area contributed by atoms with E-state index in [4.69, 9.17) is 5.26 Å². The molecule has 1 aromatic rings. The number of carbonyl (C=O) groups is 2. The SMILES string of the molecule is CCNC(=O)C1CC(c2cccc(C)c2)CN(C(=O)CC#N)C1. The van der Waals surface area contributed by atoms with Gasteiger partial charge in [0, 0.05) is 25.6 Å². The number of hydrogen-bond donors (Lipinski definition) is 1. The maximum absolute atomic E-state index is 12.3. The van der Waals surface area contributed by atoms with Gasteiger partial charge in [0.15, 0.2) is 0 Å². The van der Waals surface area contributed by atoms with Crippen molar-refractivity contribution in [1.82, 2.24) is 10.2 Å². The van der Waals surface area contributed by atoms with Crippen LogP contribution in [-0.4, -0.2) is 36.3 Å². The fourth-order valence-corrected chi connectivity index (χ4v) is 3.16. The van der Waals surface area contributed by atoms with Crippen molar-refractivity contribution in [1.29, 1.82) is 5.26 Å². The maximum Gasteiger partial charge on any atom is 0.236 e. The van der Waals surface area contributed by atoms with Crippen LogP contribution in [0.2, 0.25) is 0 Å². The maximum atomic E-state index is 12.3. The van der Waals surface area contributed by atoms with E-state index in [2.05, 4.69) is 11.4 Å². The molecule has 2 rings (SSSR count). The van der Waals surface area contributed by atoms with Crippen LogP contribution < -0.4 is 5.32 Å². The monoisotopic (exact) mass is 313 g/mol. The average molecular weight is 313 g/mol. The van der Waals surface area contributed by atoms with Crippen LogP contribution in [0.25, 0.3) is 0 Å². The van der Waals surface area contributed by atoms with Crippen molar-refractivity contribution in [3.05, 3.63) is 35.4 Å². The first-order chi connectivity index (χ1) is 11.0. The summed E-state index contributed by atoms with van der Waals surface area (Å²) in [6, 6.07) is 10.1. The van der Waals surface area contributed by atoms with Crippen molar-refractivity contribution < 1.29 is 9.59 Å². The number of piperidine rings is 1. The van der Waals surface area contributed by atoms with Gasteiger partial charge in [0.25, 0.3) is 0 Å². The van der Waals surface area contributed by atoms with Crippen LogP contribution in [0, 0.1) is 24.2 Å². The molecule has 0 radical (unpaired) electrons. The van der Waals surface area contributed by atoms with Crippen molar-refractivity contribution >= 4 is 11.8 Å². The van der Waals surface area contributed by atoms with Crippen molar-refractivity contribution in [3.63, 3.8) is 0 Å². The van der Waals surface area contributed by atoms with E-state index in [0.717, 1.165) is 17.5 Å². The van der Waals surface area contributed by atoms with E-state index in [0.29, 0.717) is 19.6 Å². The van der Waals surface area contributed by atoms with Crippen LogP contribution in [0.5, 0.6) is 0 Å². The van der Waals surface area contributed by atoms with E-state index in [1.807, 2.05) is 38.1 Å². The highest BCUT2D eigenvalue weighted by Crippen LogP contribution is 2.31. The third-order valence-electron chi connectivity index (χ3n) is 4.27. The van der Waals surface area contributed by atoms with Gasteiger partial charge in [-0.3, -0.25) is 9.59 Å². The highest BCUT2D eigenvalue weighted by atomic mass is 16.2. The summed E-state index contributed by atoms with van der Waals surface area (Å²) in [5, 5.41) is 11.6.